The van der Waals surface area contributed by atoms with Gasteiger partial charge in [-0.2, -0.15) is 10.2 Å². The van der Waals surface area contributed by atoms with E-state index in [1.807, 2.05) is 60.7 Å². The molecule has 5 rings (SSSR count). The van der Waals surface area contributed by atoms with E-state index >= 15 is 0 Å². The van der Waals surface area contributed by atoms with E-state index in [0.717, 1.165) is 21.8 Å². The molecule has 9 nitrogen and oxygen atoms in total. The topological polar surface area (TPSA) is 124 Å². The van der Waals surface area contributed by atoms with Gasteiger partial charge in [-0.15, -0.1) is 0 Å². The number of rotatable bonds is 6. The highest BCUT2D eigenvalue weighted by Crippen LogP contribution is 2.12. The first-order valence-corrected chi connectivity index (χ1v) is 10.7. The summed E-state index contributed by atoms with van der Waals surface area (Å²) in [5, 5.41) is 9.84. The van der Waals surface area contributed by atoms with Crippen LogP contribution >= 0.6 is 0 Å². The zero-order valence-corrected chi connectivity index (χ0v) is 18.3. The molecule has 2 aromatic carbocycles. The summed E-state index contributed by atoms with van der Waals surface area (Å²) in [7, 11) is 0. The Morgan fingerprint density at radius 2 is 1.09 bits per heavy atom. The number of carbonyl (C=O) groups is 2. The van der Waals surface area contributed by atoms with Gasteiger partial charge < -0.3 is 4.98 Å². The summed E-state index contributed by atoms with van der Waals surface area (Å²) in [6.07, 6.45) is 2.93. The van der Waals surface area contributed by atoms with Crippen LogP contribution in [-0.4, -0.2) is 39.2 Å². The number of aromatic amines is 1. The zero-order chi connectivity index (χ0) is 24.0. The van der Waals surface area contributed by atoms with Crippen LogP contribution in [0.2, 0.25) is 0 Å². The number of fused-ring (bicyclic) bond motifs is 2. The monoisotopic (exact) mass is 461 g/mol. The molecule has 2 amide bonds. The second kappa shape index (κ2) is 9.75. The van der Waals surface area contributed by atoms with Crippen molar-refractivity contribution in [3.05, 3.63) is 108 Å². The number of para-hydroxylation sites is 2. The molecule has 0 fully saturated rings. The van der Waals surface area contributed by atoms with Gasteiger partial charge in [-0.25, -0.2) is 20.8 Å². The summed E-state index contributed by atoms with van der Waals surface area (Å²) in [4.78, 5) is 36.4. The Labute approximate surface area is 199 Å². The third kappa shape index (κ3) is 5.09. The maximum atomic E-state index is 12.3. The van der Waals surface area contributed by atoms with Crippen molar-refractivity contribution in [3.8, 4) is 0 Å². The molecule has 0 radical (unpaired) electrons. The maximum absolute atomic E-state index is 12.3. The second-order valence-corrected chi connectivity index (χ2v) is 7.55. The van der Waals surface area contributed by atoms with Crippen molar-refractivity contribution in [2.75, 3.05) is 0 Å². The summed E-state index contributed by atoms with van der Waals surface area (Å²) in [6.45, 7) is 0. The number of nitrogens with one attached hydrogen (secondary N) is 3. The quantitative estimate of drug-likeness (QED) is 0.264. The first kappa shape index (κ1) is 21.7. The molecule has 0 aliphatic heterocycles. The molecule has 35 heavy (non-hydrogen) atoms. The lowest BCUT2D eigenvalue weighted by Crippen LogP contribution is -2.19. The molecule has 0 bridgehead atoms. The Morgan fingerprint density at radius 1 is 0.629 bits per heavy atom. The van der Waals surface area contributed by atoms with Crippen LogP contribution in [-0.2, 0) is 0 Å². The molecule has 0 unspecified atom stereocenters. The van der Waals surface area contributed by atoms with Crippen molar-refractivity contribution in [2.24, 2.45) is 10.2 Å². The summed E-state index contributed by atoms with van der Waals surface area (Å²) in [5.41, 5.74) is 8.22. The molecule has 0 saturated carbocycles. The molecular weight excluding hydrogens is 442 g/mol. The minimum atomic E-state index is -0.412. The van der Waals surface area contributed by atoms with E-state index in [1.54, 1.807) is 24.3 Å². The van der Waals surface area contributed by atoms with Crippen LogP contribution in [0.4, 0.5) is 0 Å². The molecule has 3 aromatic heterocycles. The molecule has 0 aliphatic carbocycles. The van der Waals surface area contributed by atoms with E-state index in [4.69, 9.17) is 0 Å². The SMILES string of the molecule is O=C(NN=Cc1ccc(C=NNC(=O)c2ccc3ccccc3n2)[nH]1)c1ccc2ccccc2n1. The Bertz CT molecular complexity index is 1490. The molecule has 5 aromatic rings. The summed E-state index contributed by atoms with van der Waals surface area (Å²) >= 11 is 0. The van der Waals surface area contributed by atoms with Gasteiger partial charge in [0.05, 0.1) is 34.9 Å². The normalized spacial score (nSPS) is 11.4. The number of hydrogen-bond acceptors (Lipinski definition) is 6. The number of benzene rings is 2. The third-order valence-electron chi connectivity index (χ3n) is 5.13. The average molecular weight is 461 g/mol. The standard InChI is InChI=1S/C26H19N7O2/c34-25(23-13-9-17-5-1-3-7-21(17)30-23)32-27-15-19-11-12-20(29-19)16-28-33-26(35)24-14-10-18-6-2-4-8-22(18)31-24/h1-16,29H,(H,32,34)(H,33,35). The highest BCUT2D eigenvalue weighted by Gasteiger charge is 2.08. The van der Waals surface area contributed by atoms with E-state index in [-0.39, 0.29) is 11.4 Å². The van der Waals surface area contributed by atoms with Crippen molar-refractivity contribution in [2.45, 2.75) is 0 Å². The molecule has 0 saturated heterocycles. The Balaban J connectivity index is 1.16. The fourth-order valence-electron chi connectivity index (χ4n) is 3.40. The largest absolute Gasteiger partial charge is 0.353 e. The molecule has 9 heteroatoms. The van der Waals surface area contributed by atoms with Crippen LogP contribution in [0.15, 0.2) is 95.1 Å². The lowest BCUT2D eigenvalue weighted by molar-refractivity contribution is 0.0942. The van der Waals surface area contributed by atoms with Gasteiger partial charge in [-0.05, 0) is 36.4 Å². The van der Waals surface area contributed by atoms with Crippen LogP contribution < -0.4 is 10.9 Å². The van der Waals surface area contributed by atoms with Gasteiger partial charge in [0.25, 0.3) is 11.8 Å². The van der Waals surface area contributed by atoms with Crippen molar-refractivity contribution in [1.82, 2.24) is 25.8 Å². The fraction of sp³-hybridized carbons (Fsp3) is 0. The van der Waals surface area contributed by atoms with Crippen molar-refractivity contribution in [3.63, 3.8) is 0 Å². The molecule has 0 spiro atoms. The van der Waals surface area contributed by atoms with E-state index in [1.165, 1.54) is 12.4 Å². The third-order valence-corrected chi connectivity index (χ3v) is 5.13. The van der Waals surface area contributed by atoms with Crippen LogP contribution in [0, 0.1) is 0 Å². The van der Waals surface area contributed by atoms with Gasteiger partial charge in [0, 0.05) is 10.8 Å². The lowest BCUT2D eigenvalue weighted by atomic mass is 10.2. The zero-order valence-electron chi connectivity index (χ0n) is 18.3. The molecule has 170 valence electrons. The molecule has 3 heterocycles. The number of carbonyl (C=O) groups excluding carboxylic acids is 2. The predicted octanol–water partition coefficient (Wildman–Crippen LogP) is 3.64. The number of hydrogen-bond donors (Lipinski definition) is 3. The van der Waals surface area contributed by atoms with E-state index in [9.17, 15) is 9.59 Å². The van der Waals surface area contributed by atoms with E-state index in [2.05, 4.69) is 36.0 Å². The fourth-order valence-corrected chi connectivity index (χ4v) is 3.40. The smallest absolute Gasteiger partial charge is 0.289 e. The number of pyridine rings is 2. The first-order chi connectivity index (χ1) is 17.2. The van der Waals surface area contributed by atoms with Gasteiger partial charge in [-0.1, -0.05) is 48.5 Å². The predicted molar refractivity (Wildman–Crippen MR) is 134 cm³/mol. The van der Waals surface area contributed by atoms with Crippen molar-refractivity contribution >= 4 is 46.0 Å². The van der Waals surface area contributed by atoms with Crippen LogP contribution in [0.3, 0.4) is 0 Å². The van der Waals surface area contributed by atoms with Crippen LogP contribution in [0.25, 0.3) is 21.8 Å². The number of amides is 2. The van der Waals surface area contributed by atoms with Crippen molar-refractivity contribution in [1.29, 1.82) is 0 Å². The number of aromatic nitrogens is 3. The number of nitrogens with zero attached hydrogens (tertiary/aromatic N) is 4. The van der Waals surface area contributed by atoms with Gasteiger partial charge in [-0.3, -0.25) is 9.59 Å². The minimum Gasteiger partial charge on any atom is -0.353 e. The minimum absolute atomic E-state index is 0.275. The van der Waals surface area contributed by atoms with Crippen LogP contribution in [0.5, 0.6) is 0 Å². The Morgan fingerprint density at radius 3 is 1.57 bits per heavy atom. The second-order valence-electron chi connectivity index (χ2n) is 7.55. The number of H-pyrrole nitrogens is 1. The van der Waals surface area contributed by atoms with E-state index < -0.39 is 11.8 Å². The lowest BCUT2D eigenvalue weighted by Gasteiger charge is -2.01. The molecular formula is C26H19N7O2. The Hall–Kier alpha value is -5.18. The highest BCUT2D eigenvalue weighted by atomic mass is 16.2. The molecule has 3 N–H and O–H groups in total. The summed E-state index contributed by atoms with van der Waals surface area (Å²) in [6, 6.07) is 25.6. The first-order valence-electron chi connectivity index (χ1n) is 10.7. The van der Waals surface area contributed by atoms with Gasteiger partial charge in [0.1, 0.15) is 11.4 Å². The molecule has 0 aliphatic rings. The highest BCUT2D eigenvalue weighted by molar-refractivity contribution is 5.96. The number of hydrazone groups is 2. The van der Waals surface area contributed by atoms with Gasteiger partial charge in [0.15, 0.2) is 0 Å². The summed E-state index contributed by atoms with van der Waals surface area (Å²) < 4.78 is 0. The van der Waals surface area contributed by atoms with Gasteiger partial charge >= 0.3 is 0 Å². The van der Waals surface area contributed by atoms with Crippen molar-refractivity contribution < 1.29 is 9.59 Å². The Kier molecular flexibility index (Phi) is 6.03. The van der Waals surface area contributed by atoms with Gasteiger partial charge in [0.2, 0.25) is 0 Å². The summed E-state index contributed by atoms with van der Waals surface area (Å²) in [5.74, 6) is -0.823. The molecule has 0 atom stereocenters. The van der Waals surface area contributed by atoms with Crippen LogP contribution in [0.1, 0.15) is 32.4 Å². The average Bonchev–Trinajstić information content (AvgIpc) is 3.35. The van der Waals surface area contributed by atoms with E-state index in [0.29, 0.717) is 11.4 Å². The maximum Gasteiger partial charge on any atom is 0.289 e.